The van der Waals surface area contributed by atoms with Crippen LogP contribution in [0, 0.1) is 6.92 Å². The summed E-state index contributed by atoms with van der Waals surface area (Å²) in [7, 11) is 7.59. The van der Waals surface area contributed by atoms with Crippen LogP contribution in [0.1, 0.15) is 33.1 Å². The number of halogens is 1. The van der Waals surface area contributed by atoms with Gasteiger partial charge in [-0.2, -0.15) is 0 Å². The van der Waals surface area contributed by atoms with Gasteiger partial charge in [0.05, 0.1) is 6.04 Å². The van der Waals surface area contributed by atoms with Crippen molar-refractivity contribution in [3.8, 4) is 0 Å². The van der Waals surface area contributed by atoms with Gasteiger partial charge in [0.1, 0.15) is 0 Å². The van der Waals surface area contributed by atoms with Gasteiger partial charge in [0.15, 0.2) is 5.96 Å². The first kappa shape index (κ1) is 25.9. The standard InChI is InChI=1S/C23H33N5O.HI/c1-17-9-11-19(12-10-17)21(28(4)5)16-27-23(25-3)26-14-13-18-7-6-8-20(15-18)22(29)24-2;/h6-12,15,21H,13-14,16H2,1-5H3,(H,24,29)(H2,25,26,27);1H. The maximum absolute atomic E-state index is 11.8. The lowest BCUT2D eigenvalue weighted by atomic mass is 10.0. The molecular formula is C23H34IN5O. The number of aryl methyl sites for hydroxylation is 1. The first-order valence-electron chi connectivity index (χ1n) is 9.93. The number of guanidine groups is 1. The average molecular weight is 523 g/mol. The van der Waals surface area contributed by atoms with Crippen LogP contribution < -0.4 is 16.0 Å². The van der Waals surface area contributed by atoms with Gasteiger partial charge in [-0.25, -0.2) is 0 Å². The van der Waals surface area contributed by atoms with Gasteiger partial charge in [-0.1, -0.05) is 42.0 Å². The number of aliphatic imine (C=N–C) groups is 1. The van der Waals surface area contributed by atoms with Gasteiger partial charge >= 0.3 is 0 Å². The lowest BCUT2D eigenvalue weighted by molar-refractivity contribution is 0.0963. The highest BCUT2D eigenvalue weighted by molar-refractivity contribution is 14.0. The van der Waals surface area contributed by atoms with E-state index in [1.54, 1.807) is 14.1 Å². The normalized spacial score (nSPS) is 12.1. The van der Waals surface area contributed by atoms with E-state index in [-0.39, 0.29) is 35.9 Å². The highest BCUT2D eigenvalue weighted by Crippen LogP contribution is 2.17. The fraction of sp³-hybridized carbons (Fsp3) is 0.391. The van der Waals surface area contributed by atoms with Crippen LogP contribution in [0.25, 0.3) is 0 Å². The van der Waals surface area contributed by atoms with Crippen LogP contribution in [0.2, 0.25) is 0 Å². The molecule has 2 aromatic carbocycles. The second-order valence-electron chi connectivity index (χ2n) is 7.30. The van der Waals surface area contributed by atoms with E-state index in [9.17, 15) is 4.79 Å². The summed E-state index contributed by atoms with van der Waals surface area (Å²) >= 11 is 0. The number of nitrogens with one attached hydrogen (secondary N) is 3. The second kappa shape index (κ2) is 13.2. The third-order valence-electron chi connectivity index (χ3n) is 4.89. The summed E-state index contributed by atoms with van der Waals surface area (Å²) in [4.78, 5) is 18.3. The van der Waals surface area contributed by atoms with Crippen molar-refractivity contribution in [2.24, 2.45) is 4.99 Å². The number of amides is 1. The summed E-state index contributed by atoms with van der Waals surface area (Å²) in [5.74, 6) is 0.703. The van der Waals surface area contributed by atoms with Crippen LogP contribution in [0.4, 0.5) is 0 Å². The van der Waals surface area contributed by atoms with E-state index in [0.717, 1.165) is 31.0 Å². The summed E-state index contributed by atoms with van der Waals surface area (Å²) in [5.41, 5.74) is 4.33. The van der Waals surface area contributed by atoms with Crippen molar-refractivity contribution < 1.29 is 4.79 Å². The summed E-state index contributed by atoms with van der Waals surface area (Å²) in [5, 5.41) is 9.43. The minimum absolute atomic E-state index is 0. The topological polar surface area (TPSA) is 68.8 Å². The van der Waals surface area contributed by atoms with E-state index < -0.39 is 0 Å². The van der Waals surface area contributed by atoms with Crippen molar-refractivity contribution in [1.29, 1.82) is 0 Å². The maximum atomic E-state index is 11.8. The Morgan fingerprint density at radius 3 is 2.40 bits per heavy atom. The SMILES string of the molecule is CN=C(NCCc1cccc(C(=O)NC)c1)NCC(c1ccc(C)cc1)N(C)C.I. The Hall–Kier alpha value is -2.13. The largest absolute Gasteiger partial charge is 0.356 e. The number of hydrogen-bond donors (Lipinski definition) is 3. The van der Waals surface area contributed by atoms with Gasteiger partial charge in [0.2, 0.25) is 0 Å². The van der Waals surface area contributed by atoms with E-state index in [4.69, 9.17) is 0 Å². The summed E-state index contributed by atoms with van der Waals surface area (Å²) < 4.78 is 0. The molecule has 3 N–H and O–H groups in total. The minimum Gasteiger partial charge on any atom is -0.356 e. The zero-order valence-electron chi connectivity index (χ0n) is 18.5. The molecule has 0 saturated carbocycles. The summed E-state index contributed by atoms with van der Waals surface area (Å²) in [6.07, 6.45) is 0.806. The Bertz CT molecular complexity index is 821. The van der Waals surface area contributed by atoms with Crippen molar-refractivity contribution in [2.75, 3.05) is 41.3 Å². The molecule has 0 aliphatic rings. The third-order valence-corrected chi connectivity index (χ3v) is 4.89. The zero-order valence-corrected chi connectivity index (χ0v) is 20.9. The highest BCUT2D eigenvalue weighted by Gasteiger charge is 2.14. The molecule has 164 valence electrons. The Morgan fingerprint density at radius 1 is 1.10 bits per heavy atom. The van der Waals surface area contributed by atoms with Crippen molar-refractivity contribution >= 4 is 35.8 Å². The minimum atomic E-state index is -0.0666. The van der Waals surface area contributed by atoms with Gasteiger partial charge in [-0.3, -0.25) is 9.79 Å². The third kappa shape index (κ3) is 7.95. The molecule has 0 heterocycles. The van der Waals surface area contributed by atoms with Crippen LogP contribution in [-0.4, -0.2) is 58.0 Å². The number of benzene rings is 2. The molecule has 1 atom stereocenters. The van der Waals surface area contributed by atoms with E-state index in [1.807, 2.05) is 24.3 Å². The number of hydrogen-bond acceptors (Lipinski definition) is 3. The van der Waals surface area contributed by atoms with Gasteiger partial charge in [0, 0.05) is 32.7 Å². The smallest absolute Gasteiger partial charge is 0.251 e. The Balaban J connectivity index is 0.00000450. The fourth-order valence-electron chi connectivity index (χ4n) is 3.14. The van der Waals surface area contributed by atoms with Gasteiger partial charge in [0.25, 0.3) is 5.91 Å². The number of rotatable bonds is 8. The van der Waals surface area contributed by atoms with Gasteiger partial charge in [-0.05, 0) is 50.7 Å². The van der Waals surface area contributed by atoms with Crippen LogP contribution >= 0.6 is 24.0 Å². The van der Waals surface area contributed by atoms with Crippen molar-refractivity contribution in [2.45, 2.75) is 19.4 Å². The molecule has 7 heteroatoms. The Labute approximate surface area is 197 Å². The molecule has 0 aromatic heterocycles. The van der Waals surface area contributed by atoms with Crippen molar-refractivity contribution in [3.63, 3.8) is 0 Å². The number of carbonyl (C=O) groups excluding carboxylic acids is 1. The fourth-order valence-corrected chi connectivity index (χ4v) is 3.14. The van der Waals surface area contributed by atoms with Crippen LogP contribution in [0.15, 0.2) is 53.5 Å². The second-order valence-corrected chi connectivity index (χ2v) is 7.30. The first-order chi connectivity index (χ1) is 13.9. The Morgan fingerprint density at radius 2 is 1.80 bits per heavy atom. The molecule has 1 unspecified atom stereocenters. The molecule has 30 heavy (non-hydrogen) atoms. The number of nitrogens with zero attached hydrogens (tertiary/aromatic N) is 2. The predicted molar refractivity (Wildman–Crippen MR) is 136 cm³/mol. The molecule has 0 fully saturated rings. The van der Waals surface area contributed by atoms with E-state index in [2.05, 4.69) is 71.1 Å². The van der Waals surface area contributed by atoms with E-state index >= 15 is 0 Å². The average Bonchev–Trinajstić information content (AvgIpc) is 2.73. The lowest BCUT2D eigenvalue weighted by Gasteiger charge is -2.26. The molecule has 0 bridgehead atoms. The van der Waals surface area contributed by atoms with Crippen molar-refractivity contribution in [3.05, 3.63) is 70.8 Å². The number of carbonyl (C=O) groups is 1. The molecule has 0 spiro atoms. The molecule has 2 aromatic rings. The molecule has 0 aliphatic carbocycles. The van der Waals surface area contributed by atoms with E-state index in [0.29, 0.717) is 5.56 Å². The van der Waals surface area contributed by atoms with Gasteiger partial charge in [-0.15, -0.1) is 24.0 Å². The number of likely N-dealkylation sites (N-methyl/N-ethyl adjacent to an activating group) is 1. The van der Waals surface area contributed by atoms with Crippen molar-refractivity contribution in [1.82, 2.24) is 20.9 Å². The molecule has 1 amide bonds. The molecule has 0 radical (unpaired) electrons. The zero-order chi connectivity index (χ0) is 21.2. The molecular weight excluding hydrogens is 489 g/mol. The molecule has 0 aliphatic heterocycles. The maximum Gasteiger partial charge on any atom is 0.251 e. The van der Waals surface area contributed by atoms with Crippen LogP contribution in [0.3, 0.4) is 0 Å². The van der Waals surface area contributed by atoms with Crippen LogP contribution in [-0.2, 0) is 6.42 Å². The first-order valence-corrected chi connectivity index (χ1v) is 9.93. The molecule has 0 saturated heterocycles. The van der Waals surface area contributed by atoms with E-state index in [1.165, 1.54) is 11.1 Å². The highest BCUT2D eigenvalue weighted by atomic mass is 127. The van der Waals surface area contributed by atoms with Crippen LogP contribution in [0.5, 0.6) is 0 Å². The molecule has 2 rings (SSSR count). The summed E-state index contributed by atoms with van der Waals surface area (Å²) in [6, 6.07) is 16.6. The molecule has 6 nitrogen and oxygen atoms in total. The predicted octanol–water partition coefficient (Wildman–Crippen LogP) is 2.98. The Kier molecular flexibility index (Phi) is 11.4. The van der Waals surface area contributed by atoms with Gasteiger partial charge < -0.3 is 20.9 Å². The summed E-state index contributed by atoms with van der Waals surface area (Å²) in [6.45, 7) is 3.58. The quantitative estimate of drug-likeness (QED) is 0.283. The monoisotopic (exact) mass is 523 g/mol. The lowest BCUT2D eigenvalue weighted by Crippen LogP contribution is -2.42.